The number of nitrogens with one attached hydrogen (secondary N) is 2. The third-order valence-electron chi connectivity index (χ3n) is 5.59. The first kappa shape index (κ1) is 22.5. The minimum atomic E-state index is -0.142. The van der Waals surface area contributed by atoms with Gasteiger partial charge in [0.05, 0.1) is 14.2 Å². The van der Waals surface area contributed by atoms with E-state index in [1.165, 1.54) is 0 Å². The molecule has 0 spiro atoms. The molecule has 1 fully saturated rings. The fourth-order valence-electron chi connectivity index (χ4n) is 3.91. The molecule has 0 bridgehead atoms. The van der Waals surface area contributed by atoms with Crippen molar-refractivity contribution in [1.29, 1.82) is 0 Å². The van der Waals surface area contributed by atoms with Crippen LogP contribution in [0.15, 0.2) is 42.5 Å². The first-order valence-electron chi connectivity index (χ1n) is 10.7. The van der Waals surface area contributed by atoms with Crippen molar-refractivity contribution in [3.63, 3.8) is 0 Å². The van der Waals surface area contributed by atoms with Crippen molar-refractivity contribution < 1.29 is 19.1 Å². The molecule has 2 N–H and O–H groups in total. The van der Waals surface area contributed by atoms with Crippen LogP contribution in [-0.2, 0) is 6.54 Å². The van der Waals surface area contributed by atoms with E-state index in [9.17, 15) is 9.59 Å². The first-order chi connectivity index (χ1) is 15.0. The zero-order valence-corrected chi connectivity index (χ0v) is 18.4. The van der Waals surface area contributed by atoms with Crippen molar-refractivity contribution in [1.82, 2.24) is 15.5 Å². The van der Waals surface area contributed by atoms with Crippen LogP contribution >= 0.6 is 0 Å². The Morgan fingerprint density at radius 1 is 1.10 bits per heavy atom. The Hall–Kier alpha value is -3.22. The molecular weight excluding hydrogens is 394 g/mol. The molecule has 7 nitrogen and oxygen atoms in total. The Bertz CT molecular complexity index is 915. The van der Waals surface area contributed by atoms with E-state index in [1.807, 2.05) is 48.2 Å². The monoisotopic (exact) mass is 425 g/mol. The molecular formula is C24H31N3O4. The van der Waals surface area contributed by atoms with Crippen LogP contribution in [0.4, 0.5) is 4.79 Å². The number of piperidine rings is 1. The topological polar surface area (TPSA) is 79.9 Å². The summed E-state index contributed by atoms with van der Waals surface area (Å²) in [6, 6.07) is 13.2. The van der Waals surface area contributed by atoms with Crippen LogP contribution in [0, 0.1) is 0 Å². The Morgan fingerprint density at radius 2 is 1.94 bits per heavy atom. The van der Waals surface area contributed by atoms with E-state index in [0.717, 1.165) is 30.5 Å². The Morgan fingerprint density at radius 3 is 2.68 bits per heavy atom. The highest BCUT2D eigenvalue weighted by molar-refractivity contribution is 5.94. The van der Waals surface area contributed by atoms with E-state index in [-0.39, 0.29) is 17.9 Å². The Labute approximate surface area is 183 Å². The molecule has 0 aliphatic carbocycles. The molecule has 31 heavy (non-hydrogen) atoms. The molecule has 1 atom stereocenters. The summed E-state index contributed by atoms with van der Waals surface area (Å²) in [6.45, 7) is 4.33. The van der Waals surface area contributed by atoms with Gasteiger partial charge in [0.25, 0.3) is 5.91 Å². The fourth-order valence-corrected chi connectivity index (χ4v) is 3.91. The largest absolute Gasteiger partial charge is 0.497 e. The molecule has 2 aromatic carbocycles. The normalized spacial score (nSPS) is 15.8. The summed E-state index contributed by atoms with van der Waals surface area (Å²) in [5.41, 5.74) is 2.57. The maximum absolute atomic E-state index is 12.8. The molecule has 3 amide bonds. The predicted molar refractivity (Wildman–Crippen MR) is 120 cm³/mol. The lowest BCUT2D eigenvalue weighted by molar-refractivity contribution is 0.0950. The van der Waals surface area contributed by atoms with Gasteiger partial charge >= 0.3 is 6.03 Å². The summed E-state index contributed by atoms with van der Waals surface area (Å²) >= 11 is 0. The summed E-state index contributed by atoms with van der Waals surface area (Å²) in [5.74, 6) is 1.46. The zero-order valence-electron chi connectivity index (χ0n) is 18.4. The minimum Gasteiger partial charge on any atom is -0.497 e. The third-order valence-corrected chi connectivity index (χ3v) is 5.59. The number of methoxy groups -OCH3 is 2. The van der Waals surface area contributed by atoms with Crippen LogP contribution < -0.4 is 20.1 Å². The molecule has 0 aromatic heterocycles. The smallest absolute Gasteiger partial charge is 0.317 e. The minimum absolute atomic E-state index is 0.0189. The number of urea groups is 1. The molecule has 7 heteroatoms. The van der Waals surface area contributed by atoms with Crippen LogP contribution in [0.3, 0.4) is 0 Å². The number of likely N-dealkylation sites (tertiary alicyclic amines) is 1. The number of hydrogen-bond acceptors (Lipinski definition) is 4. The van der Waals surface area contributed by atoms with Crippen LogP contribution in [0.5, 0.6) is 11.5 Å². The number of carbonyl (C=O) groups excluding carboxylic acids is 2. The quantitative estimate of drug-likeness (QED) is 0.711. The van der Waals surface area contributed by atoms with Crippen molar-refractivity contribution >= 4 is 11.9 Å². The van der Waals surface area contributed by atoms with E-state index in [2.05, 4.69) is 10.6 Å². The second-order valence-corrected chi connectivity index (χ2v) is 7.61. The van der Waals surface area contributed by atoms with E-state index in [0.29, 0.717) is 36.7 Å². The number of carbonyl (C=O) groups is 2. The van der Waals surface area contributed by atoms with Gasteiger partial charge in [0.1, 0.15) is 11.5 Å². The van der Waals surface area contributed by atoms with Crippen LogP contribution in [0.25, 0.3) is 0 Å². The molecule has 1 aliphatic rings. The molecule has 1 aliphatic heterocycles. The fraction of sp³-hybridized carbons (Fsp3) is 0.417. The van der Waals surface area contributed by atoms with Gasteiger partial charge in [0, 0.05) is 49.3 Å². The summed E-state index contributed by atoms with van der Waals surface area (Å²) < 4.78 is 10.6. The van der Waals surface area contributed by atoms with Gasteiger partial charge in [-0.15, -0.1) is 0 Å². The van der Waals surface area contributed by atoms with E-state index >= 15 is 0 Å². The second-order valence-electron chi connectivity index (χ2n) is 7.61. The second kappa shape index (κ2) is 10.7. The molecule has 0 saturated carbocycles. The van der Waals surface area contributed by atoms with Gasteiger partial charge in [-0.3, -0.25) is 4.79 Å². The highest BCUT2D eigenvalue weighted by atomic mass is 16.5. The zero-order chi connectivity index (χ0) is 22.2. The molecule has 1 heterocycles. The molecule has 3 rings (SSSR count). The van der Waals surface area contributed by atoms with E-state index in [1.54, 1.807) is 20.3 Å². The Balaban J connectivity index is 1.66. The summed E-state index contributed by atoms with van der Waals surface area (Å²) in [7, 11) is 3.20. The van der Waals surface area contributed by atoms with Crippen LogP contribution in [0.1, 0.15) is 47.2 Å². The van der Waals surface area contributed by atoms with Crippen molar-refractivity contribution in [2.75, 3.05) is 33.9 Å². The lowest BCUT2D eigenvalue weighted by atomic mass is 9.89. The molecule has 2 aromatic rings. The van der Waals surface area contributed by atoms with Crippen molar-refractivity contribution in [2.45, 2.75) is 32.2 Å². The van der Waals surface area contributed by atoms with Crippen molar-refractivity contribution in [3.05, 3.63) is 59.2 Å². The maximum atomic E-state index is 12.8. The van der Waals surface area contributed by atoms with Gasteiger partial charge < -0.3 is 25.0 Å². The van der Waals surface area contributed by atoms with Crippen molar-refractivity contribution in [2.24, 2.45) is 0 Å². The van der Waals surface area contributed by atoms with Crippen molar-refractivity contribution in [3.8, 4) is 11.5 Å². The highest BCUT2D eigenvalue weighted by Crippen LogP contribution is 2.28. The molecule has 0 radical (unpaired) electrons. The average molecular weight is 426 g/mol. The van der Waals surface area contributed by atoms with E-state index < -0.39 is 0 Å². The van der Waals surface area contributed by atoms with Gasteiger partial charge in [0.2, 0.25) is 0 Å². The number of hydrogen-bond donors (Lipinski definition) is 2. The first-order valence-corrected chi connectivity index (χ1v) is 10.7. The standard InChI is InChI=1S/C24H31N3O4/c1-4-25-24(29)27-12-6-9-20(16-27)17-7-5-8-18(13-17)23(28)26-15-19-10-11-21(30-2)14-22(19)31-3/h5,7-8,10-11,13-14,20H,4,6,9,12,15-16H2,1-3H3,(H,25,29)(H,26,28)/t20-/m0/s1. The lowest BCUT2D eigenvalue weighted by Crippen LogP contribution is -2.44. The number of rotatable bonds is 7. The van der Waals surface area contributed by atoms with Crippen LogP contribution in [-0.4, -0.2) is 50.7 Å². The maximum Gasteiger partial charge on any atom is 0.317 e. The number of ether oxygens (including phenoxy) is 2. The van der Waals surface area contributed by atoms with E-state index in [4.69, 9.17) is 9.47 Å². The molecule has 166 valence electrons. The van der Waals surface area contributed by atoms with Gasteiger partial charge in [-0.1, -0.05) is 12.1 Å². The summed E-state index contributed by atoms with van der Waals surface area (Å²) in [5, 5.41) is 5.84. The SMILES string of the molecule is CCNC(=O)N1CCC[C@H](c2cccc(C(=O)NCc3ccc(OC)cc3OC)c2)C1. The Kier molecular flexibility index (Phi) is 7.76. The number of nitrogens with zero attached hydrogens (tertiary/aromatic N) is 1. The van der Waals surface area contributed by atoms with Gasteiger partial charge in [-0.05, 0) is 49.6 Å². The lowest BCUT2D eigenvalue weighted by Gasteiger charge is -2.33. The number of amides is 3. The molecule has 1 saturated heterocycles. The van der Waals surface area contributed by atoms with Crippen LogP contribution in [0.2, 0.25) is 0 Å². The summed E-state index contributed by atoms with van der Waals surface area (Å²) in [4.78, 5) is 26.8. The third kappa shape index (κ3) is 5.69. The molecule has 0 unspecified atom stereocenters. The van der Waals surface area contributed by atoms with Gasteiger partial charge in [0.15, 0.2) is 0 Å². The summed E-state index contributed by atoms with van der Waals surface area (Å²) in [6.07, 6.45) is 1.96. The van der Waals surface area contributed by atoms with Gasteiger partial charge in [-0.25, -0.2) is 4.79 Å². The predicted octanol–water partition coefficient (Wildman–Crippen LogP) is 3.54. The average Bonchev–Trinajstić information content (AvgIpc) is 2.82. The highest BCUT2D eigenvalue weighted by Gasteiger charge is 2.25. The van der Waals surface area contributed by atoms with Gasteiger partial charge in [-0.2, -0.15) is 0 Å². The number of benzene rings is 2.